The lowest BCUT2D eigenvalue weighted by atomic mass is 9.84. The molecule has 0 fully saturated rings. The Balaban J connectivity index is 1.62. The third-order valence-electron chi connectivity index (χ3n) is 5.94. The number of halogens is 1. The lowest BCUT2D eigenvalue weighted by Gasteiger charge is -2.39. The van der Waals surface area contributed by atoms with Crippen LogP contribution in [0.4, 0.5) is 10.3 Å². The summed E-state index contributed by atoms with van der Waals surface area (Å²) < 4.78 is 23.4. The van der Waals surface area contributed by atoms with Crippen molar-refractivity contribution in [3.8, 4) is 5.75 Å². The van der Waals surface area contributed by atoms with Gasteiger partial charge < -0.3 is 10.1 Å². The number of anilines is 1. The minimum atomic E-state index is -0.497. The number of hydrogen-bond donors (Lipinski definition) is 1. The molecule has 0 unspecified atom stereocenters. The van der Waals surface area contributed by atoms with Crippen LogP contribution >= 0.6 is 11.8 Å². The third kappa shape index (κ3) is 2.92. The molecule has 7 heteroatoms. The molecule has 0 bridgehead atoms. The van der Waals surface area contributed by atoms with Crippen LogP contribution in [0, 0.1) is 5.82 Å². The molecule has 1 N–H and O–H groups in total. The summed E-state index contributed by atoms with van der Waals surface area (Å²) in [4.78, 5) is 5.56. The van der Waals surface area contributed by atoms with E-state index in [-0.39, 0.29) is 5.82 Å². The molecule has 2 atom stereocenters. The Morgan fingerprint density at radius 2 is 1.78 bits per heavy atom. The summed E-state index contributed by atoms with van der Waals surface area (Å²) in [5, 5.41) is 7.88. The van der Waals surface area contributed by atoms with E-state index in [1.807, 2.05) is 30.3 Å². The van der Waals surface area contributed by atoms with Gasteiger partial charge in [0.15, 0.2) is 0 Å². The van der Waals surface area contributed by atoms with E-state index in [2.05, 4.69) is 45.9 Å². The van der Waals surface area contributed by atoms with E-state index >= 15 is 4.39 Å². The maximum Gasteiger partial charge on any atom is 0.226 e. The molecular formula is C25H19FN4OS. The minimum absolute atomic E-state index is 0.289. The van der Waals surface area contributed by atoms with Crippen LogP contribution in [0.15, 0.2) is 89.6 Å². The molecule has 3 heterocycles. The predicted molar refractivity (Wildman–Crippen MR) is 123 cm³/mol. The van der Waals surface area contributed by atoms with Gasteiger partial charge in [0.2, 0.25) is 5.95 Å². The zero-order chi connectivity index (χ0) is 21.7. The van der Waals surface area contributed by atoms with Crippen LogP contribution in [0.3, 0.4) is 0 Å². The van der Waals surface area contributed by atoms with Crippen LogP contribution in [0.25, 0.3) is 5.70 Å². The summed E-state index contributed by atoms with van der Waals surface area (Å²) in [6.45, 7) is 0. The molecule has 0 aliphatic carbocycles. The van der Waals surface area contributed by atoms with Crippen LogP contribution in [0.1, 0.15) is 28.8 Å². The number of aromatic nitrogens is 3. The van der Waals surface area contributed by atoms with Gasteiger partial charge in [0.05, 0.1) is 5.70 Å². The average molecular weight is 443 g/mol. The number of nitrogens with zero attached hydrogens (tertiary/aromatic N) is 3. The molecule has 0 saturated carbocycles. The monoisotopic (exact) mass is 442 g/mol. The minimum Gasteiger partial charge on any atom is -0.480 e. The predicted octanol–water partition coefficient (Wildman–Crippen LogP) is 5.70. The molecule has 0 radical (unpaired) electrons. The van der Waals surface area contributed by atoms with Crippen molar-refractivity contribution < 1.29 is 9.13 Å². The molecule has 0 amide bonds. The van der Waals surface area contributed by atoms with Crippen LogP contribution in [-0.4, -0.2) is 21.0 Å². The first-order valence-electron chi connectivity index (χ1n) is 10.3. The molecule has 2 aliphatic rings. The first-order chi connectivity index (χ1) is 15.7. The van der Waals surface area contributed by atoms with E-state index in [0.717, 1.165) is 28.1 Å². The summed E-state index contributed by atoms with van der Waals surface area (Å²) in [6, 6.07) is 22.5. The number of benzene rings is 3. The molecule has 158 valence electrons. The van der Waals surface area contributed by atoms with Crippen molar-refractivity contribution in [1.82, 2.24) is 14.8 Å². The van der Waals surface area contributed by atoms with E-state index in [4.69, 9.17) is 4.74 Å². The Labute approximate surface area is 189 Å². The molecule has 1 aromatic heterocycles. The normalized spacial score (nSPS) is 18.8. The average Bonchev–Trinajstić information content (AvgIpc) is 3.31. The molecule has 3 aromatic carbocycles. The summed E-state index contributed by atoms with van der Waals surface area (Å²) in [5.74, 6) is 1.06. The highest BCUT2D eigenvalue weighted by Gasteiger charge is 2.41. The second-order valence-electron chi connectivity index (χ2n) is 7.67. The fraction of sp³-hybridized carbons (Fsp3) is 0.120. The fourth-order valence-corrected chi connectivity index (χ4v) is 4.88. The summed E-state index contributed by atoms with van der Waals surface area (Å²) in [7, 11) is 0. The second kappa shape index (κ2) is 7.53. The van der Waals surface area contributed by atoms with E-state index < -0.39 is 12.1 Å². The van der Waals surface area contributed by atoms with Gasteiger partial charge >= 0.3 is 0 Å². The molecule has 6 rings (SSSR count). The highest BCUT2D eigenvalue weighted by molar-refractivity contribution is 7.98. The van der Waals surface area contributed by atoms with Gasteiger partial charge in [0.1, 0.15) is 30.0 Å². The highest BCUT2D eigenvalue weighted by Crippen LogP contribution is 2.50. The van der Waals surface area contributed by atoms with Crippen molar-refractivity contribution in [2.45, 2.75) is 17.0 Å². The van der Waals surface area contributed by atoms with Crippen molar-refractivity contribution in [2.24, 2.45) is 0 Å². The molecule has 32 heavy (non-hydrogen) atoms. The Hall–Kier alpha value is -3.58. The van der Waals surface area contributed by atoms with Crippen LogP contribution < -0.4 is 10.1 Å². The smallest absolute Gasteiger partial charge is 0.226 e. The Morgan fingerprint density at radius 3 is 2.59 bits per heavy atom. The maximum absolute atomic E-state index is 15.1. The number of hydrogen-bond acceptors (Lipinski definition) is 5. The highest BCUT2D eigenvalue weighted by atomic mass is 32.2. The SMILES string of the molecule is CSc1ccc([C@H]2Oc3ccccc3C3=C2[C@@H](c2ccccc2F)n2ncnc2N3)cc1. The number of ether oxygens (including phenoxy) is 1. The number of rotatable bonds is 3. The van der Waals surface area contributed by atoms with E-state index in [1.165, 1.54) is 17.3 Å². The van der Waals surface area contributed by atoms with Gasteiger partial charge in [-0.3, -0.25) is 0 Å². The molecular weight excluding hydrogens is 423 g/mol. The Bertz CT molecular complexity index is 1350. The van der Waals surface area contributed by atoms with Gasteiger partial charge in [-0.2, -0.15) is 10.1 Å². The molecule has 4 aromatic rings. The molecule has 0 saturated heterocycles. The zero-order valence-corrected chi connectivity index (χ0v) is 18.0. The van der Waals surface area contributed by atoms with Gasteiger partial charge in [0, 0.05) is 21.6 Å². The van der Waals surface area contributed by atoms with Crippen molar-refractivity contribution in [3.05, 3.63) is 107 Å². The van der Waals surface area contributed by atoms with Crippen LogP contribution in [-0.2, 0) is 0 Å². The lowest BCUT2D eigenvalue weighted by molar-refractivity contribution is 0.222. The molecule has 5 nitrogen and oxygen atoms in total. The summed E-state index contributed by atoms with van der Waals surface area (Å²) in [5.41, 5.74) is 4.25. The van der Waals surface area contributed by atoms with Gasteiger partial charge in [0.25, 0.3) is 0 Å². The maximum atomic E-state index is 15.1. The van der Waals surface area contributed by atoms with E-state index in [9.17, 15) is 0 Å². The third-order valence-corrected chi connectivity index (χ3v) is 6.68. The Kier molecular flexibility index (Phi) is 4.50. The molecule has 0 spiro atoms. The van der Waals surface area contributed by atoms with Crippen molar-refractivity contribution >= 4 is 23.4 Å². The van der Waals surface area contributed by atoms with E-state index in [1.54, 1.807) is 28.6 Å². The Morgan fingerprint density at radius 1 is 1.00 bits per heavy atom. The van der Waals surface area contributed by atoms with Crippen molar-refractivity contribution in [1.29, 1.82) is 0 Å². The number of para-hydroxylation sites is 1. The largest absolute Gasteiger partial charge is 0.480 e. The van der Waals surface area contributed by atoms with Crippen molar-refractivity contribution in [3.63, 3.8) is 0 Å². The number of fused-ring (bicyclic) bond motifs is 3. The lowest BCUT2D eigenvalue weighted by Crippen LogP contribution is -2.32. The number of nitrogens with one attached hydrogen (secondary N) is 1. The first kappa shape index (κ1) is 19.1. The fourth-order valence-electron chi connectivity index (χ4n) is 4.47. The van der Waals surface area contributed by atoms with Crippen molar-refractivity contribution in [2.75, 3.05) is 11.6 Å². The van der Waals surface area contributed by atoms with Gasteiger partial charge in [-0.25, -0.2) is 9.07 Å². The van der Waals surface area contributed by atoms with Gasteiger partial charge in [-0.15, -0.1) is 11.8 Å². The zero-order valence-electron chi connectivity index (χ0n) is 17.2. The van der Waals surface area contributed by atoms with E-state index in [0.29, 0.717) is 11.5 Å². The topological polar surface area (TPSA) is 52.0 Å². The van der Waals surface area contributed by atoms with Crippen LogP contribution in [0.5, 0.6) is 5.75 Å². The number of thioether (sulfide) groups is 1. The van der Waals surface area contributed by atoms with Gasteiger partial charge in [-0.1, -0.05) is 42.5 Å². The quantitative estimate of drug-likeness (QED) is 0.413. The standard InChI is InChI=1S/C25H19FN4OS/c1-32-16-12-10-15(11-13-16)24-21-22(18-7-3-5-9-20(18)31-24)29-25-27-14-28-30(25)23(21)17-6-2-4-8-19(17)26/h2-14,23-24H,1H3,(H,27,28,29)/t23-,24-/m1/s1. The first-order valence-corrected chi connectivity index (χ1v) is 11.5. The molecule has 2 aliphatic heterocycles. The summed E-state index contributed by atoms with van der Waals surface area (Å²) in [6.07, 6.45) is 3.13. The second-order valence-corrected chi connectivity index (χ2v) is 8.55. The summed E-state index contributed by atoms with van der Waals surface area (Å²) >= 11 is 1.69. The van der Waals surface area contributed by atoms with Gasteiger partial charge in [-0.05, 0) is 42.2 Å². The van der Waals surface area contributed by atoms with Crippen LogP contribution in [0.2, 0.25) is 0 Å².